The molecule has 3 aliphatic rings. The Morgan fingerprint density at radius 1 is 1.24 bits per heavy atom. The summed E-state index contributed by atoms with van der Waals surface area (Å²) < 4.78 is 25.1. The summed E-state index contributed by atoms with van der Waals surface area (Å²) in [5.74, 6) is 0.219. The Kier molecular flexibility index (Phi) is 7.87. The number of piperazine rings is 1. The molecule has 1 aromatic heterocycles. The van der Waals surface area contributed by atoms with Crippen LogP contribution in [0.2, 0.25) is 0 Å². The molecule has 1 aliphatic carbocycles. The molecule has 0 spiro atoms. The Balaban J connectivity index is 1.30. The fourth-order valence-electron chi connectivity index (χ4n) is 5.75. The second-order valence-corrected chi connectivity index (χ2v) is 10.2. The maximum absolute atomic E-state index is 14.6. The summed E-state index contributed by atoms with van der Waals surface area (Å²) in [5.41, 5.74) is 2.38. The number of amides is 1. The number of nitrogens with zero attached hydrogens (tertiary/aromatic N) is 4. The number of carbonyl (C=O) groups is 1. The number of ether oxygens (including phenoxy) is 2. The highest BCUT2D eigenvalue weighted by atomic mass is 19.1. The molecule has 10 heteroatoms. The molecule has 0 bridgehead atoms. The van der Waals surface area contributed by atoms with Crippen molar-refractivity contribution in [3.8, 4) is 5.75 Å². The zero-order valence-electron chi connectivity index (χ0n) is 21.5. The maximum Gasteiger partial charge on any atom is 0.231 e. The van der Waals surface area contributed by atoms with E-state index in [-0.39, 0.29) is 23.6 Å². The minimum absolute atomic E-state index is 0.0134. The highest BCUT2D eigenvalue weighted by Crippen LogP contribution is 2.42. The van der Waals surface area contributed by atoms with Gasteiger partial charge < -0.3 is 29.7 Å². The molecule has 2 aliphatic heterocycles. The first-order chi connectivity index (χ1) is 18.0. The Morgan fingerprint density at radius 2 is 2.00 bits per heavy atom. The van der Waals surface area contributed by atoms with Gasteiger partial charge in [0.25, 0.3) is 0 Å². The smallest absolute Gasteiger partial charge is 0.231 e. The predicted octanol–water partition coefficient (Wildman–Crippen LogP) is 2.37. The molecule has 3 atom stereocenters. The summed E-state index contributed by atoms with van der Waals surface area (Å²) in [7, 11) is 1.43. The summed E-state index contributed by atoms with van der Waals surface area (Å²) in [6.07, 6.45) is 3.41. The van der Waals surface area contributed by atoms with Crippen LogP contribution in [0.3, 0.4) is 0 Å². The number of fused-ring (bicyclic) bond motifs is 1. The fraction of sp³-hybridized carbons (Fsp3) is 0.593. The summed E-state index contributed by atoms with van der Waals surface area (Å²) in [6, 6.07) is 5.06. The number of aliphatic hydroxyl groups is 1. The van der Waals surface area contributed by atoms with Crippen molar-refractivity contribution in [3.63, 3.8) is 0 Å². The van der Waals surface area contributed by atoms with Crippen LogP contribution in [0.1, 0.15) is 60.9 Å². The number of anilines is 1. The van der Waals surface area contributed by atoms with Gasteiger partial charge in [-0.25, -0.2) is 14.4 Å². The number of nitrogens with one attached hydrogen (secondary N) is 1. The Hall–Kier alpha value is -2.82. The SMILES string of the molecule is COc1ccc([C@@H](CNC2CCOCC2)C(=O)N2CCN(c3ncnc4c3[C@H](C)C[C@@H]4O)CC2)cc1F. The van der Waals surface area contributed by atoms with Crippen molar-refractivity contribution in [2.24, 2.45) is 0 Å². The lowest BCUT2D eigenvalue weighted by molar-refractivity contribution is -0.133. The molecule has 2 N–H and O–H groups in total. The van der Waals surface area contributed by atoms with Gasteiger partial charge in [-0.05, 0) is 42.9 Å². The average molecular weight is 514 g/mol. The minimum atomic E-state index is -0.552. The standard InChI is InChI=1S/C27H36FN5O4/c1-17-13-22(34)25-24(17)26(31-16-30-25)32-7-9-33(10-8-32)27(35)20(15-29-19-5-11-37-12-6-19)18-3-4-23(36-2)21(28)14-18/h3-4,14,16-17,19-20,22,29,34H,5-13,15H2,1-2H3/t17-,20-,22+/m1/s1. The molecule has 2 saturated heterocycles. The summed E-state index contributed by atoms with van der Waals surface area (Å²) in [4.78, 5) is 26.7. The van der Waals surface area contributed by atoms with Crippen molar-refractivity contribution >= 4 is 11.7 Å². The van der Waals surface area contributed by atoms with Gasteiger partial charge in [0.2, 0.25) is 5.91 Å². The number of methoxy groups -OCH3 is 1. The maximum atomic E-state index is 14.6. The fourth-order valence-corrected chi connectivity index (χ4v) is 5.75. The van der Waals surface area contributed by atoms with E-state index in [0.29, 0.717) is 57.9 Å². The van der Waals surface area contributed by atoms with Crippen LogP contribution in [-0.4, -0.2) is 85.0 Å². The third-order valence-electron chi connectivity index (χ3n) is 7.88. The van der Waals surface area contributed by atoms with Crippen LogP contribution < -0.4 is 15.0 Å². The molecule has 5 rings (SSSR count). The molecule has 0 unspecified atom stereocenters. The van der Waals surface area contributed by atoms with Crippen LogP contribution in [0.25, 0.3) is 0 Å². The van der Waals surface area contributed by atoms with E-state index in [1.807, 2.05) is 4.90 Å². The van der Waals surface area contributed by atoms with Crippen LogP contribution in [0, 0.1) is 5.82 Å². The van der Waals surface area contributed by atoms with E-state index in [0.717, 1.165) is 29.9 Å². The predicted molar refractivity (Wildman–Crippen MR) is 136 cm³/mol. The highest BCUT2D eigenvalue weighted by Gasteiger charge is 2.35. The summed E-state index contributed by atoms with van der Waals surface area (Å²) >= 11 is 0. The van der Waals surface area contributed by atoms with Crippen molar-refractivity contribution in [2.45, 2.75) is 50.2 Å². The molecule has 2 aromatic rings. The van der Waals surface area contributed by atoms with Crippen LogP contribution in [-0.2, 0) is 9.53 Å². The van der Waals surface area contributed by atoms with Gasteiger partial charge in [0.05, 0.1) is 24.8 Å². The van der Waals surface area contributed by atoms with Gasteiger partial charge in [-0.1, -0.05) is 13.0 Å². The Labute approximate surface area is 217 Å². The molecule has 9 nitrogen and oxygen atoms in total. The number of rotatable bonds is 7. The van der Waals surface area contributed by atoms with E-state index in [2.05, 4.69) is 27.1 Å². The average Bonchev–Trinajstić information content (AvgIpc) is 3.22. The van der Waals surface area contributed by atoms with Crippen molar-refractivity contribution in [1.29, 1.82) is 0 Å². The highest BCUT2D eigenvalue weighted by molar-refractivity contribution is 5.84. The van der Waals surface area contributed by atoms with Crippen LogP contribution in [0.4, 0.5) is 10.2 Å². The van der Waals surface area contributed by atoms with Crippen molar-refractivity contribution in [1.82, 2.24) is 20.2 Å². The third-order valence-corrected chi connectivity index (χ3v) is 7.88. The lowest BCUT2D eigenvalue weighted by atomic mass is 9.95. The number of aliphatic hydroxyl groups excluding tert-OH is 1. The Morgan fingerprint density at radius 3 is 2.70 bits per heavy atom. The molecule has 0 saturated carbocycles. The first kappa shape index (κ1) is 25.8. The van der Waals surface area contributed by atoms with E-state index in [1.165, 1.54) is 19.5 Å². The van der Waals surface area contributed by atoms with E-state index < -0.39 is 17.8 Å². The quantitative estimate of drug-likeness (QED) is 0.582. The number of benzene rings is 1. The van der Waals surface area contributed by atoms with E-state index >= 15 is 0 Å². The molecule has 0 radical (unpaired) electrons. The molecular weight excluding hydrogens is 477 g/mol. The van der Waals surface area contributed by atoms with Crippen molar-refractivity contribution < 1.29 is 23.8 Å². The van der Waals surface area contributed by atoms with Crippen LogP contribution in [0.15, 0.2) is 24.5 Å². The summed E-state index contributed by atoms with van der Waals surface area (Å²) in [6.45, 7) is 6.29. The summed E-state index contributed by atoms with van der Waals surface area (Å²) in [5, 5.41) is 13.9. The third kappa shape index (κ3) is 5.42. The number of hydrogen-bond acceptors (Lipinski definition) is 8. The second kappa shape index (κ2) is 11.3. The van der Waals surface area contributed by atoms with Crippen molar-refractivity contribution in [3.05, 3.63) is 47.2 Å². The molecule has 3 heterocycles. The lowest BCUT2D eigenvalue weighted by Gasteiger charge is -2.38. The normalized spacial score (nSPS) is 23.1. The molecule has 200 valence electrons. The van der Waals surface area contributed by atoms with Crippen LogP contribution in [0.5, 0.6) is 5.75 Å². The van der Waals surface area contributed by atoms with Gasteiger partial charge >= 0.3 is 0 Å². The first-order valence-corrected chi connectivity index (χ1v) is 13.2. The molecular formula is C27H36FN5O4. The molecule has 1 aromatic carbocycles. The first-order valence-electron chi connectivity index (χ1n) is 13.2. The largest absolute Gasteiger partial charge is 0.494 e. The number of hydrogen-bond donors (Lipinski definition) is 2. The van der Waals surface area contributed by atoms with Gasteiger partial charge in [-0.15, -0.1) is 0 Å². The topological polar surface area (TPSA) is 100 Å². The lowest BCUT2D eigenvalue weighted by Crippen LogP contribution is -2.52. The van der Waals surface area contributed by atoms with Gasteiger partial charge in [0.15, 0.2) is 11.6 Å². The van der Waals surface area contributed by atoms with E-state index in [4.69, 9.17) is 9.47 Å². The minimum Gasteiger partial charge on any atom is -0.494 e. The number of aromatic nitrogens is 2. The van der Waals surface area contributed by atoms with Gasteiger partial charge in [-0.3, -0.25) is 4.79 Å². The zero-order chi connectivity index (χ0) is 25.9. The van der Waals surface area contributed by atoms with E-state index in [1.54, 1.807) is 12.1 Å². The van der Waals surface area contributed by atoms with Crippen molar-refractivity contribution in [2.75, 3.05) is 57.9 Å². The number of carbonyl (C=O) groups excluding carboxylic acids is 1. The van der Waals surface area contributed by atoms with Gasteiger partial charge in [-0.2, -0.15) is 0 Å². The van der Waals surface area contributed by atoms with Gasteiger partial charge in [0, 0.05) is 57.5 Å². The molecule has 2 fully saturated rings. The monoisotopic (exact) mass is 513 g/mol. The van der Waals surface area contributed by atoms with Crippen LogP contribution >= 0.6 is 0 Å². The zero-order valence-corrected chi connectivity index (χ0v) is 21.5. The molecule has 1 amide bonds. The second-order valence-electron chi connectivity index (χ2n) is 10.2. The van der Waals surface area contributed by atoms with E-state index in [9.17, 15) is 14.3 Å². The Bertz CT molecular complexity index is 1100. The number of halogens is 1. The molecule has 37 heavy (non-hydrogen) atoms. The van der Waals surface area contributed by atoms with Gasteiger partial charge in [0.1, 0.15) is 12.1 Å².